The van der Waals surface area contributed by atoms with Crippen LogP contribution in [0.2, 0.25) is 0 Å². The molecule has 1 heterocycles. The molecule has 1 aromatic heterocycles. The van der Waals surface area contributed by atoms with E-state index in [4.69, 9.17) is 0 Å². The second kappa shape index (κ2) is 3.91. The number of rotatable bonds is 2. The summed E-state index contributed by atoms with van der Waals surface area (Å²) in [5.74, 6) is 0. The van der Waals surface area contributed by atoms with E-state index in [0.717, 1.165) is 6.54 Å². The van der Waals surface area contributed by atoms with Crippen LogP contribution in [0.5, 0.6) is 0 Å². The zero-order valence-corrected chi connectivity index (χ0v) is 9.18. The Morgan fingerprint density at radius 1 is 1.38 bits per heavy atom. The molecule has 2 rings (SSSR count). The number of benzene rings is 1. The van der Waals surface area contributed by atoms with Gasteiger partial charge in [-0.2, -0.15) is 0 Å². The predicted octanol–water partition coefficient (Wildman–Crippen LogP) is 2.54. The van der Waals surface area contributed by atoms with Gasteiger partial charge in [0.05, 0.1) is 6.33 Å². The average molecular weight is 284 g/mol. The first-order chi connectivity index (χ1) is 6.34. The second-order valence-corrected chi connectivity index (χ2v) is 4.11. The Morgan fingerprint density at radius 3 is 3.00 bits per heavy atom. The van der Waals surface area contributed by atoms with Gasteiger partial charge in [-0.1, -0.05) is 12.1 Å². The van der Waals surface area contributed by atoms with Crippen LogP contribution in [0.15, 0.2) is 43.0 Å². The molecule has 0 amide bonds. The van der Waals surface area contributed by atoms with E-state index in [1.54, 1.807) is 6.20 Å². The molecule has 0 saturated carbocycles. The largest absolute Gasteiger partial charge is 0.333 e. The number of aromatic nitrogens is 2. The minimum atomic E-state index is 0.900. The van der Waals surface area contributed by atoms with Gasteiger partial charge < -0.3 is 4.57 Å². The van der Waals surface area contributed by atoms with E-state index < -0.39 is 0 Å². The predicted molar refractivity (Wildman–Crippen MR) is 60.5 cm³/mol. The van der Waals surface area contributed by atoms with Gasteiger partial charge in [-0.05, 0) is 40.3 Å². The molecular formula is C10H9IN2. The van der Waals surface area contributed by atoms with Crippen molar-refractivity contribution in [3.05, 3.63) is 52.1 Å². The molecule has 13 heavy (non-hydrogen) atoms. The molecule has 0 bridgehead atoms. The Hall–Kier alpha value is -0.840. The van der Waals surface area contributed by atoms with Gasteiger partial charge in [0.15, 0.2) is 0 Å². The molecule has 0 aliphatic carbocycles. The highest BCUT2D eigenvalue weighted by Crippen LogP contribution is 2.08. The highest BCUT2D eigenvalue weighted by Gasteiger charge is 1.94. The summed E-state index contributed by atoms with van der Waals surface area (Å²) in [4.78, 5) is 4.00. The fourth-order valence-corrected chi connectivity index (χ4v) is 1.83. The molecule has 2 aromatic rings. The Balaban J connectivity index is 2.19. The van der Waals surface area contributed by atoms with Crippen molar-refractivity contribution >= 4 is 22.6 Å². The average Bonchev–Trinajstić information content (AvgIpc) is 2.57. The molecule has 3 heteroatoms. The van der Waals surface area contributed by atoms with Crippen LogP contribution < -0.4 is 0 Å². The van der Waals surface area contributed by atoms with Crippen molar-refractivity contribution in [1.29, 1.82) is 0 Å². The molecule has 0 saturated heterocycles. The fraction of sp³-hybridized carbons (Fsp3) is 0.100. The van der Waals surface area contributed by atoms with Gasteiger partial charge in [-0.3, -0.25) is 0 Å². The molecule has 66 valence electrons. The van der Waals surface area contributed by atoms with Crippen molar-refractivity contribution < 1.29 is 0 Å². The molecule has 0 atom stereocenters. The van der Waals surface area contributed by atoms with Crippen molar-refractivity contribution in [1.82, 2.24) is 9.55 Å². The van der Waals surface area contributed by atoms with E-state index >= 15 is 0 Å². The molecular weight excluding hydrogens is 275 g/mol. The highest BCUT2D eigenvalue weighted by atomic mass is 127. The topological polar surface area (TPSA) is 17.8 Å². The summed E-state index contributed by atoms with van der Waals surface area (Å²) in [5, 5.41) is 0. The molecule has 2 nitrogen and oxygen atoms in total. The quantitative estimate of drug-likeness (QED) is 0.775. The van der Waals surface area contributed by atoms with Crippen LogP contribution in [-0.4, -0.2) is 9.55 Å². The lowest BCUT2D eigenvalue weighted by Crippen LogP contribution is -1.95. The van der Waals surface area contributed by atoms with E-state index in [1.165, 1.54) is 9.13 Å². The third kappa shape index (κ3) is 2.30. The van der Waals surface area contributed by atoms with Gasteiger partial charge in [-0.25, -0.2) is 4.98 Å². The maximum atomic E-state index is 4.00. The number of nitrogens with zero attached hydrogens (tertiary/aromatic N) is 2. The third-order valence-electron chi connectivity index (χ3n) is 1.81. The van der Waals surface area contributed by atoms with E-state index in [1.807, 2.05) is 12.5 Å². The summed E-state index contributed by atoms with van der Waals surface area (Å²) in [6.07, 6.45) is 5.60. The van der Waals surface area contributed by atoms with Crippen molar-refractivity contribution in [2.75, 3.05) is 0 Å². The first kappa shape index (κ1) is 8.74. The SMILES string of the molecule is Ic1cccc(Cn2ccnc2)c1. The molecule has 0 unspecified atom stereocenters. The first-order valence-electron chi connectivity index (χ1n) is 4.05. The maximum absolute atomic E-state index is 4.00. The monoisotopic (exact) mass is 284 g/mol. The van der Waals surface area contributed by atoms with Crippen LogP contribution in [0.1, 0.15) is 5.56 Å². The Labute approximate surface area is 90.8 Å². The molecule has 0 fully saturated rings. The molecule has 0 radical (unpaired) electrons. The van der Waals surface area contributed by atoms with Crippen LogP contribution in [0, 0.1) is 3.57 Å². The van der Waals surface area contributed by atoms with Gasteiger partial charge in [0.25, 0.3) is 0 Å². The lowest BCUT2D eigenvalue weighted by Gasteiger charge is -2.02. The fourth-order valence-electron chi connectivity index (χ4n) is 1.23. The van der Waals surface area contributed by atoms with Crippen molar-refractivity contribution in [3.8, 4) is 0 Å². The van der Waals surface area contributed by atoms with Gasteiger partial charge in [0.1, 0.15) is 0 Å². The van der Waals surface area contributed by atoms with Gasteiger partial charge in [-0.15, -0.1) is 0 Å². The van der Waals surface area contributed by atoms with Crippen LogP contribution >= 0.6 is 22.6 Å². The van der Waals surface area contributed by atoms with Crippen LogP contribution in [-0.2, 0) is 6.54 Å². The van der Waals surface area contributed by atoms with Crippen molar-refractivity contribution in [2.45, 2.75) is 6.54 Å². The molecule has 1 aromatic carbocycles. The van der Waals surface area contributed by atoms with E-state index in [9.17, 15) is 0 Å². The minimum Gasteiger partial charge on any atom is -0.333 e. The maximum Gasteiger partial charge on any atom is 0.0949 e. The normalized spacial score (nSPS) is 10.2. The molecule has 0 aliphatic rings. The highest BCUT2D eigenvalue weighted by molar-refractivity contribution is 14.1. The van der Waals surface area contributed by atoms with Crippen molar-refractivity contribution in [3.63, 3.8) is 0 Å². The number of hydrogen-bond donors (Lipinski definition) is 0. The lowest BCUT2D eigenvalue weighted by molar-refractivity contribution is 0.797. The van der Waals surface area contributed by atoms with Gasteiger partial charge in [0, 0.05) is 22.5 Å². The van der Waals surface area contributed by atoms with Crippen LogP contribution in [0.25, 0.3) is 0 Å². The number of imidazole rings is 1. The zero-order chi connectivity index (χ0) is 9.10. The summed E-state index contributed by atoms with van der Waals surface area (Å²) >= 11 is 2.32. The summed E-state index contributed by atoms with van der Waals surface area (Å²) in [6, 6.07) is 8.48. The second-order valence-electron chi connectivity index (χ2n) is 2.86. The zero-order valence-electron chi connectivity index (χ0n) is 7.02. The Bertz CT molecular complexity index is 382. The van der Waals surface area contributed by atoms with Crippen LogP contribution in [0.3, 0.4) is 0 Å². The Morgan fingerprint density at radius 2 is 2.31 bits per heavy atom. The smallest absolute Gasteiger partial charge is 0.0949 e. The summed E-state index contributed by atoms with van der Waals surface area (Å²) in [7, 11) is 0. The third-order valence-corrected chi connectivity index (χ3v) is 2.48. The standard InChI is InChI=1S/C10H9IN2/c11-10-3-1-2-9(6-10)7-13-5-4-12-8-13/h1-6,8H,7H2. The lowest BCUT2D eigenvalue weighted by atomic mass is 10.2. The molecule has 0 spiro atoms. The van der Waals surface area contributed by atoms with Gasteiger partial charge in [0.2, 0.25) is 0 Å². The van der Waals surface area contributed by atoms with Crippen LogP contribution in [0.4, 0.5) is 0 Å². The summed E-state index contributed by atoms with van der Waals surface area (Å²) in [6.45, 7) is 0.900. The van der Waals surface area contributed by atoms with E-state index in [-0.39, 0.29) is 0 Å². The molecule has 0 N–H and O–H groups in total. The van der Waals surface area contributed by atoms with Gasteiger partial charge >= 0.3 is 0 Å². The summed E-state index contributed by atoms with van der Waals surface area (Å²) < 4.78 is 3.33. The Kier molecular flexibility index (Phi) is 2.63. The van der Waals surface area contributed by atoms with Crippen molar-refractivity contribution in [2.24, 2.45) is 0 Å². The minimum absolute atomic E-state index is 0.900. The molecule has 0 aliphatic heterocycles. The summed E-state index contributed by atoms with van der Waals surface area (Å²) in [5.41, 5.74) is 1.31. The first-order valence-corrected chi connectivity index (χ1v) is 5.13. The van der Waals surface area contributed by atoms with E-state index in [0.29, 0.717) is 0 Å². The van der Waals surface area contributed by atoms with E-state index in [2.05, 4.69) is 56.4 Å². The number of hydrogen-bond acceptors (Lipinski definition) is 1. The number of halogens is 1.